The van der Waals surface area contributed by atoms with E-state index in [0.29, 0.717) is 19.3 Å². The van der Waals surface area contributed by atoms with Crippen LogP contribution >= 0.6 is 0 Å². The molecule has 4 heteroatoms. The Labute approximate surface area is 88.6 Å². The van der Waals surface area contributed by atoms with E-state index in [1.807, 2.05) is 13.8 Å². The molecule has 15 heavy (non-hydrogen) atoms. The van der Waals surface area contributed by atoms with Gasteiger partial charge in [-0.15, -0.1) is 0 Å². The molecule has 0 spiro atoms. The van der Waals surface area contributed by atoms with Gasteiger partial charge in [-0.2, -0.15) is 0 Å². The summed E-state index contributed by atoms with van der Waals surface area (Å²) in [5, 5.41) is 10.8. The van der Waals surface area contributed by atoms with Gasteiger partial charge in [0, 0.05) is 18.3 Å². The van der Waals surface area contributed by atoms with Crippen molar-refractivity contribution in [1.29, 1.82) is 0 Å². The summed E-state index contributed by atoms with van der Waals surface area (Å²) >= 11 is 0. The van der Waals surface area contributed by atoms with Gasteiger partial charge in [0.25, 0.3) is 0 Å². The number of aliphatic carboxylic acids is 1. The number of fused-ring (bicyclic) bond motifs is 2. The molecule has 2 bridgehead atoms. The van der Waals surface area contributed by atoms with Crippen LogP contribution in [-0.4, -0.2) is 17.5 Å². The van der Waals surface area contributed by atoms with Crippen molar-refractivity contribution >= 4 is 11.9 Å². The van der Waals surface area contributed by atoms with Crippen LogP contribution in [0.25, 0.3) is 0 Å². The molecule has 84 valence electrons. The predicted octanol–water partition coefficient (Wildman–Crippen LogP) is 0.104. The van der Waals surface area contributed by atoms with Gasteiger partial charge in [-0.05, 0) is 18.8 Å². The van der Waals surface area contributed by atoms with Crippen LogP contribution in [0.2, 0.25) is 0 Å². The van der Waals surface area contributed by atoms with E-state index in [4.69, 9.17) is 4.74 Å². The van der Waals surface area contributed by atoms with E-state index >= 15 is 0 Å². The Balaban J connectivity index is 2.24. The zero-order chi connectivity index (χ0) is 11.2. The van der Waals surface area contributed by atoms with E-state index in [1.165, 1.54) is 0 Å². The second-order valence-electron chi connectivity index (χ2n) is 4.92. The van der Waals surface area contributed by atoms with Crippen LogP contribution < -0.4 is 5.11 Å². The van der Waals surface area contributed by atoms with Crippen molar-refractivity contribution in [3.8, 4) is 0 Å². The maximum absolute atomic E-state index is 11.6. The van der Waals surface area contributed by atoms with Crippen LogP contribution in [0, 0.1) is 17.8 Å². The molecule has 1 aliphatic carbocycles. The van der Waals surface area contributed by atoms with Gasteiger partial charge in [0.05, 0.1) is 5.92 Å². The Morgan fingerprint density at radius 1 is 1.60 bits per heavy atom. The maximum Gasteiger partial charge on any atom is 0.310 e. The van der Waals surface area contributed by atoms with Gasteiger partial charge < -0.3 is 14.6 Å². The van der Waals surface area contributed by atoms with Crippen LogP contribution in [0.4, 0.5) is 0 Å². The summed E-state index contributed by atoms with van der Waals surface area (Å²) in [6, 6.07) is 0. The average molecular weight is 211 g/mol. The third-order valence-electron chi connectivity index (χ3n) is 3.89. The summed E-state index contributed by atoms with van der Waals surface area (Å²) in [5.74, 6) is -2.35. The van der Waals surface area contributed by atoms with Crippen LogP contribution in [0.15, 0.2) is 0 Å². The molecule has 0 amide bonds. The van der Waals surface area contributed by atoms with Gasteiger partial charge in [-0.25, -0.2) is 0 Å². The fraction of sp³-hybridized carbons (Fsp3) is 0.818. The predicted molar refractivity (Wildman–Crippen MR) is 49.5 cm³/mol. The molecule has 1 saturated heterocycles. The second kappa shape index (κ2) is 3.22. The first-order chi connectivity index (χ1) is 6.96. The van der Waals surface area contributed by atoms with Crippen molar-refractivity contribution in [3.63, 3.8) is 0 Å². The van der Waals surface area contributed by atoms with E-state index in [2.05, 4.69) is 0 Å². The van der Waals surface area contributed by atoms with Crippen LogP contribution in [0.5, 0.6) is 0 Å². The van der Waals surface area contributed by atoms with Gasteiger partial charge in [-0.1, -0.05) is 13.8 Å². The highest BCUT2D eigenvalue weighted by molar-refractivity contribution is 5.82. The molecule has 0 aromatic heterocycles. The molecule has 0 N–H and O–H groups in total. The topological polar surface area (TPSA) is 66.4 Å². The molecule has 0 unspecified atom stereocenters. The number of hydrogen-bond acceptors (Lipinski definition) is 4. The van der Waals surface area contributed by atoms with Crippen molar-refractivity contribution in [2.24, 2.45) is 17.8 Å². The molecular weight excluding hydrogens is 196 g/mol. The third kappa shape index (κ3) is 1.43. The Morgan fingerprint density at radius 2 is 2.27 bits per heavy atom. The van der Waals surface area contributed by atoms with Gasteiger partial charge in [0.15, 0.2) is 0 Å². The fourth-order valence-corrected chi connectivity index (χ4v) is 2.76. The SMILES string of the molecule is CC(C)[C@]12CC[C@@H](C(=O)[O-])[C@H](C1)C(=O)O2. The number of carboxylic acids is 1. The molecule has 0 aromatic carbocycles. The first-order valence-corrected chi connectivity index (χ1v) is 5.40. The number of hydrogen-bond donors (Lipinski definition) is 0. The standard InChI is InChI=1S/C11H16O4/c1-6(2)11-4-3-7(9(12)13)8(5-11)10(14)15-11/h6-8H,3-5H2,1-2H3,(H,12,13)/p-1/t7-,8+,11+/m1/s1. The highest BCUT2D eigenvalue weighted by atomic mass is 16.6. The van der Waals surface area contributed by atoms with Crippen molar-refractivity contribution in [2.45, 2.75) is 38.7 Å². The zero-order valence-electron chi connectivity index (χ0n) is 8.99. The highest BCUT2D eigenvalue weighted by Gasteiger charge is 2.54. The summed E-state index contributed by atoms with van der Waals surface area (Å²) < 4.78 is 5.38. The first-order valence-electron chi connectivity index (χ1n) is 5.40. The molecule has 1 aliphatic heterocycles. The third-order valence-corrected chi connectivity index (χ3v) is 3.89. The minimum absolute atomic E-state index is 0.245. The van der Waals surface area contributed by atoms with Crippen LogP contribution in [-0.2, 0) is 14.3 Å². The van der Waals surface area contributed by atoms with E-state index in [-0.39, 0.29) is 11.9 Å². The lowest BCUT2D eigenvalue weighted by molar-refractivity contribution is -0.313. The summed E-state index contributed by atoms with van der Waals surface area (Å²) in [5.41, 5.74) is -0.409. The van der Waals surface area contributed by atoms with Gasteiger partial charge in [-0.3, -0.25) is 4.79 Å². The lowest BCUT2D eigenvalue weighted by Crippen LogP contribution is -2.43. The summed E-state index contributed by atoms with van der Waals surface area (Å²) in [6.07, 6.45) is 1.69. The highest BCUT2D eigenvalue weighted by Crippen LogP contribution is 2.49. The lowest BCUT2D eigenvalue weighted by Gasteiger charge is -2.37. The molecule has 2 rings (SSSR count). The van der Waals surface area contributed by atoms with E-state index < -0.39 is 23.4 Å². The Bertz CT molecular complexity index is 310. The molecule has 0 aromatic rings. The quantitative estimate of drug-likeness (QED) is 0.608. The largest absolute Gasteiger partial charge is 0.550 e. The summed E-state index contributed by atoms with van der Waals surface area (Å²) in [4.78, 5) is 22.4. The fourth-order valence-electron chi connectivity index (χ4n) is 2.76. The molecule has 1 heterocycles. The number of carbonyl (C=O) groups excluding carboxylic acids is 2. The van der Waals surface area contributed by atoms with Gasteiger partial charge >= 0.3 is 5.97 Å². The molecule has 3 atom stereocenters. The summed E-state index contributed by atoms with van der Waals surface area (Å²) in [7, 11) is 0. The number of carbonyl (C=O) groups is 2. The van der Waals surface area contributed by atoms with Crippen molar-refractivity contribution in [1.82, 2.24) is 0 Å². The minimum atomic E-state index is -1.11. The minimum Gasteiger partial charge on any atom is -0.550 e. The zero-order valence-corrected chi connectivity index (χ0v) is 8.99. The van der Waals surface area contributed by atoms with E-state index in [0.717, 1.165) is 0 Å². The Kier molecular flexibility index (Phi) is 2.24. The molecular formula is C11H15O4-. The normalized spacial score (nSPS) is 39.3. The molecule has 2 fully saturated rings. The van der Waals surface area contributed by atoms with Crippen LogP contribution in [0.1, 0.15) is 33.1 Å². The van der Waals surface area contributed by atoms with Crippen molar-refractivity contribution < 1.29 is 19.4 Å². The first kappa shape index (κ1) is 10.5. The smallest absolute Gasteiger partial charge is 0.310 e. The van der Waals surface area contributed by atoms with Crippen molar-refractivity contribution in [3.05, 3.63) is 0 Å². The maximum atomic E-state index is 11.6. The van der Waals surface area contributed by atoms with Crippen LogP contribution in [0.3, 0.4) is 0 Å². The molecule has 0 radical (unpaired) electrons. The monoisotopic (exact) mass is 211 g/mol. The number of rotatable bonds is 2. The van der Waals surface area contributed by atoms with Crippen molar-refractivity contribution in [2.75, 3.05) is 0 Å². The summed E-state index contributed by atoms with van der Waals surface area (Å²) in [6.45, 7) is 4.02. The molecule has 1 saturated carbocycles. The van der Waals surface area contributed by atoms with E-state index in [1.54, 1.807) is 0 Å². The van der Waals surface area contributed by atoms with E-state index in [9.17, 15) is 14.7 Å². The molecule has 4 nitrogen and oxygen atoms in total. The van der Waals surface area contributed by atoms with Gasteiger partial charge in [0.1, 0.15) is 5.60 Å². The average Bonchev–Trinajstić information content (AvgIpc) is 2.40. The number of ether oxygens (including phenoxy) is 1. The number of carboxylic acid groups (broad SMARTS) is 1. The Morgan fingerprint density at radius 3 is 2.80 bits per heavy atom. The Hall–Kier alpha value is -1.06. The van der Waals surface area contributed by atoms with Gasteiger partial charge in [0.2, 0.25) is 0 Å². The molecule has 2 aliphatic rings. The number of esters is 1. The lowest BCUT2D eigenvalue weighted by atomic mass is 9.70. The second-order valence-corrected chi connectivity index (χ2v) is 4.92.